The number of thiophene rings is 1. The molecule has 3 aromatic rings. The van der Waals surface area contributed by atoms with Gasteiger partial charge in [0.2, 0.25) is 0 Å². The van der Waals surface area contributed by atoms with Crippen molar-refractivity contribution in [3.8, 4) is 11.1 Å². The third kappa shape index (κ3) is 3.94. The Labute approximate surface area is 168 Å². The van der Waals surface area contributed by atoms with Crippen molar-refractivity contribution in [3.63, 3.8) is 0 Å². The fourth-order valence-corrected chi connectivity index (χ4v) is 4.23. The Hall–Kier alpha value is -2.51. The summed E-state index contributed by atoms with van der Waals surface area (Å²) in [6.45, 7) is 1.84. The number of carbonyl (C=O) groups is 2. The third-order valence-electron chi connectivity index (χ3n) is 3.95. The molecule has 0 aliphatic carbocycles. The van der Waals surface area contributed by atoms with Crippen LogP contribution >= 0.6 is 27.3 Å². The Morgan fingerprint density at radius 1 is 1.11 bits per heavy atom. The maximum Gasteiger partial charge on any atom is 0.341 e. The zero-order chi connectivity index (χ0) is 19.6. The van der Waals surface area contributed by atoms with E-state index in [1.165, 1.54) is 30.6 Å². The summed E-state index contributed by atoms with van der Waals surface area (Å²) in [5.41, 5.74) is 2.00. The van der Waals surface area contributed by atoms with Crippen LogP contribution in [0.1, 0.15) is 25.6 Å². The normalized spacial score (nSPS) is 10.5. The van der Waals surface area contributed by atoms with E-state index in [9.17, 15) is 14.0 Å². The van der Waals surface area contributed by atoms with E-state index in [2.05, 4.69) is 21.2 Å². The topological polar surface area (TPSA) is 55.4 Å². The first-order valence-electron chi connectivity index (χ1n) is 7.96. The van der Waals surface area contributed by atoms with Gasteiger partial charge in [0.1, 0.15) is 16.4 Å². The van der Waals surface area contributed by atoms with Crippen LogP contribution in [0, 0.1) is 12.7 Å². The van der Waals surface area contributed by atoms with Crippen LogP contribution in [0.4, 0.5) is 9.39 Å². The van der Waals surface area contributed by atoms with Crippen LogP contribution < -0.4 is 5.32 Å². The number of rotatable bonds is 4. The Kier molecular flexibility index (Phi) is 5.72. The third-order valence-corrected chi connectivity index (χ3v) is 5.66. The van der Waals surface area contributed by atoms with Crippen molar-refractivity contribution in [2.75, 3.05) is 12.4 Å². The molecule has 7 heteroatoms. The minimum absolute atomic E-state index is 0.256. The molecule has 0 saturated carbocycles. The second-order valence-electron chi connectivity index (χ2n) is 5.67. The number of halogens is 2. The highest BCUT2D eigenvalue weighted by Crippen LogP contribution is 2.40. The van der Waals surface area contributed by atoms with E-state index in [4.69, 9.17) is 4.74 Å². The van der Waals surface area contributed by atoms with E-state index in [0.717, 1.165) is 4.88 Å². The molecule has 0 fully saturated rings. The fourth-order valence-electron chi connectivity index (χ4n) is 2.71. The van der Waals surface area contributed by atoms with Crippen molar-refractivity contribution in [2.24, 2.45) is 0 Å². The van der Waals surface area contributed by atoms with Gasteiger partial charge in [-0.2, -0.15) is 0 Å². The zero-order valence-corrected chi connectivity index (χ0v) is 16.9. The lowest BCUT2D eigenvalue weighted by Crippen LogP contribution is -2.14. The number of ether oxygens (including phenoxy) is 1. The largest absolute Gasteiger partial charge is 0.465 e. The monoisotopic (exact) mass is 447 g/mol. The smallest absolute Gasteiger partial charge is 0.341 e. The number of esters is 1. The first-order valence-corrected chi connectivity index (χ1v) is 9.57. The molecule has 0 unspecified atom stereocenters. The molecule has 0 aliphatic heterocycles. The van der Waals surface area contributed by atoms with Gasteiger partial charge in [0.25, 0.3) is 5.91 Å². The number of aryl methyl sites for hydroxylation is 1. The first-order chi connectivity index (χ1) is 12.9. The van der Waals surface area contributed by atoms with E-state index in [0.29, 0.717) is 26.2 Å². The van der Waals surface area contributed by atoms with Gasteiger partial charge >= 0.3 is 5.97 Å². The van der Waals surface area contributed by atoms with Gasteiger partial charge in [-0.3, -0.25) is 4.79 Å². The molecule has 0 saturated heterocycles. The fraction of sp³-hybridized carbons (Fsp3) is 0.100. The molecule has 0 radical (unpaired) electrons. The van der Waals surface area contributed by atoms with Crippen LogP contribution in [0.15, 0.2) is 53.0 Å². The summed E-state index contributed by atoms with van der Waals surface area (Å²) in [7, 11) is 1.28. The highest BCUT2D eigenvalue weighted by molar-refractivity contribution is 9.10. The van der Waals surface area contributed by atoms with Crippen molar-refractivity contribution < 1.29 is 18.7 Å². The summed E-state index contributed by atoms with van der Waals surface area (Å²) in [5.74, 6) is -1.28. The van der Waals surface area contributed by atoms with Crippen molar-refractivity contribution in [1.29, 1.82) is 0 Å². The van der Waals surface area contributed by atoms with Crippen LogP contribution in [0.25, 0.3) is 11.1 Å². The number of nitrogens with one attached hydrogen (secondary N) is 1. The number of methoxy groups -OCH3 is 1. The molecule has 0 spiro atoms. The molecular weight excluding hydrogens is 433 g/mol. The molecule has 138 valence electrons. The Bertz CT molecular complexity index is 1010. The van der Waals surface area contributed by atoms with Crippen LogP contribution in [0.2, 0.25) is 0 Å². The van der Waals surface area contributed by atoms with Gasteiger partial charge in [0, 0.05) is 14.9 Å². The van der Waals surface area contributed by atoms with E-state index in [1.807, 2.05) is 13.0 Å². The predicted octanol–water partition coefficient (Wildman–Crippen LogP) is 5.66. The minimum atomic E-state index is -0.568. The summed E-state index contributed by atoms with van der Waals surface area (Å²) in [6.07, 6.45) is 0. The van der Waals surface area contributed by atoms with Crippen LogP contribution in [0.5, 0.6) is 0 Å². The highest BCUT2D eigenvalue weighted by Gasteiger charge is 2.25. The van der Waals surface area contributed by atoms with Gasteiger partial charge in [-0.1, -0.05) is 24.3 Å². The molecule has 27 heavy (non-hydrogen) atoms. The number of hydrogen-bond acceptors (Lipinski definition) is 4. The summed E-state index contributed by atoms with van der Waals surface area (Å²) in [5, 5.41) is 3.19. The zero-order valence-electron chi connectivity index (χ0n) is 14.5. The first kappa shape index (κ1) is 19.3. The van der Waals surface area contributed by atoms with Gasteiger partial charge < -0.3 is 10.1 Å². The van der Waals surface area contributed by atoms with Gasteiger partial charge in [0.05, 0.1) is 12.7 Å². The number of hydrogen-bond donors (Lipinski definition) is 1. The minimum Gasteiger partial charge on any atom is -0.465 e. The van der Waals surface area contributed by atoms with Crippen LogP contribution in [0.3, 0.4) is 0 Å². The number of carbonyl (C=O) groups excluding carboxylic acids is 2. The maximum atomic E-state index is 13.3. The van der Waals surface area contributed by atoms with E-state index < -0.39 is 5.97 Å². The molecule has 3 rings (SSSR count). The van der Waals surface area contributed by atoms with E-state index in [-0.39, 0.29) is 17.3 Å². The molecule has 0 atom stereocenters. The lowest BCUT2D eigenvalue weighted by atomic mass is 10.0. The molecule has 1 amide bonds. The predicted molar refractivity (Wildman–Crippen MR) is 108 cm³/mol. The van der Waals surface area contributed by atoms with E-state index >= 15 is 0 Å². The average molecular weight is 448 g/mol. The highest BCUT2D eigenvalue weighted by atomic mass is 79.9. The van der Waals surface area contributed by atoms with Crippen molar-refractivity contribution >= 4 is 44.1 Å². The van der Waals surface area contributed by atoms with Gasteiger partial charge in [0.15, 0.2) is 0 Å². The summed E-state index contributed by atoms with van der Waals surface area (Å²) >= 11 is 4.62. The average Bonchev–Trinajstić information content (AvgIpc) is 2.97. The van der Waals surface area contributed by atoms with Crippen LogP contribution in [-0.2, 0) is 4.74 Å². The van der Waals surface area contributed by atoms with Crippen molar-refractivity contribution in [2.45, 2.75) is 6.92 Å². The van der Waals surface area contributed by atoms with Crippen molar-refractivity contribution in [1.82, 2.24) is 0 Å². The van der Waals surface area contributed by atoms with E-state index in [1.54, 1.807) is 30.3 Å². The molecule has 0 aliphatic rings. The number of benzene rings is 2. The van der Waals surface area contributed by atoms with Crippen molar-refractivity contribution in [3.05, 3.63) is 74.8 Å². The maximum absolute atomic E-state index is 13.3. The Morgan fingerprint density at radius 2 is 1.78 bits per heavy atom. The standard InChI is InChI=1S/C20H15BrFNO3S/c1-11-16(12-7-9-13(22)10-8-12)17(20(25)26-2)19(27-11)23-18(24)14-5-3-4-6-15(14)21/h3-10H,1-2H3,(H,23,24). The Balaban J connectivity index is 2.07. The quantitative estimate of drug-likeness (QED) is 0.524. The lowest BCUT2D eigenvalue weighted by Gasteiger charge is -2.09. The molecular formula is C20H15BrFNO3S. The van der Waals surface area contributed by atoms with Crippen LogP contribution in [-0.4, -0.2) is 19.0 Å². The molecule has 4 nitrogen and oxygen atoms in total. The summed E-state index contributed by atoms with van der Waals surface area (Å²) in [4.78, 5) is 25.9. The van der Waals surface area contributed by atoms with Gasteiger partial charge in [-0.05, 0) is 52.7 Å². The van der Waals surface area contributed by atoms with Gasteiger partial charge in [-0.25, -0.2) is 9.18 Å². The SMILES string of the molecule is COC(=O)c1c(NC(=O)c2ccccc2Br)sc(C)c1-c1ccc(F)cc1. The number of amides is 1. The second-order valence-corrected chi connectivity index (χ2v) is 7.75. The molecule has 2 aromatic carbocycles. The van der Waals surface area contributed by atoms with Gasteiger partial charge in [-0.15, -0.1) is 11.3 Å². The second kappa shape index (κ2) is 8.02. The summed E-state index contributed by atoms with van der Waals surface area (Å²) < 4.78 is 18.8. The molecule has 0 bridgehead atoms. The Morgan fingerprint density at radius 3 is 2.41 bits per heavy atom. The molecule has 1 N–H and O–H groups in total. The lowest BCUT2D eigenvalue weighted by molar-refractivity contribution is 0.0603. The molecule has 1 heterocycles. The molecule has 1 aromatic heterocycles. The summed E-state index contributed by atoms with van der Waals surface area (Å²) in [6, 6.07) is 12.8. The number of anilines is 1.